The van der Waals surface area contributed by atoms with Gasteiger partial charge in [-0.3, -0.25) is 19.2 Å². The third-order valence-corrected chi connectivity index (χ3v) is 4.89. The molecule has 1 fully saturated rings. The van der Waals surface area contributed by atoms with Gasteiger partial charge in [-0.05, 0) is 26.1 Å². The number of aliphatic hydroxyl groups excluding tert-OH is 4. The fraction of sp³-hybridized carbons (Fsp3) is 0.647. The van der Waals surface area contributed by atoms with Gasteiger partial charge in [0.2, 0.25) is 6.23 Å². The highest BCUT2D eigenvalue weighted by Gasteiger charge is 2.44. The Morgan fingerprint density at radius 3 is 2.53 bits per heavy atom. The van der Waals surface area contributed by atoms with Crippen molar-refractivity contribution < 1.29 is 38.3 Å². The molecule has 13 heteroatoms. The van der Waals surface area contributed by atoms with Crippen LogP contribution in [-0.4, -0.2) is 78.7 Å². The first kappa shape index (κ1) is 24.7. The van der Waals surface area contributed by atoms with E-state index < -0.39 is 55.7 Å². The molecule has 0 bridgehead atoms. The first-order valence-electron chi connectivity index (χ1n) is 8.95. The highest BCUT2D eigenvalue weighted by molar-refractivity contribution is 7.71. The van der Waals surface area contributed by atoms with Crippen molar-refractivity contribution in [3.63, 3.8) is 0 Å². The maximum atomic E-state index is 13.1. The minimum absolute atomic E-state index is 0.188. The molecule has 1 aliphatic heterocycles. The van der Waals surface area contributed by atoms with Gasteiger partial charge in [0.1, 0.15) is 18.3 Å². The average molecular weight is 455 g/mol. The van der Waals surface area contributed by atoms with Crippen LogP contribution in [-0.2, 0) is 11.3 Å². The number of aromatic nitrogens is 2. The average Bonchev–Trinajstić information content (AvgIpc) is 2.93. The molecule has 1 aromatic rings. The molecule has 0 radical (unpaired) electrons. The van der Waals surface area contributed by atoms with Gasteiger partial charge in [-0.15, -0.1) is 0 Å². The van der Waals surface area contributed by atoms with Gasteiger partial charge in [0.25, 0.3) is 5.56 Å². The molecule has 2 heterocycles. The van der Waals surface area contributed by atoms with Crippen LogP contribution >= 0.6 is 12.2 Å². The van der Waals surface area contributed by atoms with E-state index in [1.54, 1.807) is 13.8 Å². The molecule has 2 rings (SSSR count). The van der Waals surface area contributed by atoms with E-state index in [1.165, 1.54) is 6.08 Å². The van der Waals surface area contributed by atoms with Crippen molar-refractivity contribution in [1.29, 1.82) is 0 Å². The largest absolute Gasteiger partial charge is 0.428 e. The van der Waals surface area contributed by atoms with Crippen molar-refractivity contribution >= 4 is 12.2 Å². The van der Waals surface area contributed by atoms with Gasteiger partial charge in [-0.2, -0.15) is 13.2 Å². The van der Waals surface area contributed by atoms with E-state index >= 15 is 0 Å². The van der Waals surface area contributed by atoms with Gasteiger partial charge in [0, 0.05) is 24.8 Å². The van der Waals surface area contributed by atoms with Crippen LogP contribution < -0.4 is 5.56 Å². The Bertz CT molecular complexity index is 883. The summed E-state index contributed by atoms with van der Waals surface area (Å²) in [5, 5.41) is 39.0. The SMILES string of the molecule is CC(C)=CCN(Cc1cn([C@@H]2O[C@H](CO)C(O)C2O)c(=S)[nH]c1=O)C(O)C(F)(F)F. The number of allylic oxidation sites excluding steroid dienone is 1. The molecule has 1 saturated heterocycles. The molecular weight excluding hydrogens is 431 g/mol. The molecule has 9 nitrogen and oxygen atoms in total. The first-order chi connectivity index (χ1) is 13.9. The lowest BCUT2D eigenvalue weighted by atomic mass is 10.1. The standard InChI is InChI=1S/C17H24F3N3O6S/c1-8(2)3-4-22(15(28)17(18,19)20)5-9-6-23(16(30)21-13(9)27)14-12(26)11(25)10(7-24)29-14/h3,6,10-12,14-15,24-26,28H,4-5,7H2,1-2H3,(H,21,27,30)/t10-,11?,12?,14-,15?/m1/s1. The molecule has 0 amide bonds. The Balaban J connectivity index is 2.41. The number of aliphatic hydroxyl groups is 4. The van der Waals surface area contributed by atoms with E-state index in [2.05, 4.69) is 4.98 Å². The highest BCUT2D eigenvalue weighted by Crippen LogP contribution is 2.29. The number of halogens is 3. The van der Waals surface area contributed by atoms with E-state index in [0.717, 1.165) is 10.8 Å². The van der Waals surface area contributed by atoms with Gasteiger partial charge < -0.3 is 25.2 Å². The molecule has 3 unspecified atom stereocenters. The summed E-state index contributed by atoms with van der Waals surface area (Å²) < 4.78 is 45.4. The number of rotatable bonds is 7. The number of hydrogen-bond donors (Lipinski definition) is 5. The Labute approximate surface area is 174 Å². The second-order valence-electron chi connectivity index (χ2n) is 7.18. The second-order valence-corrected chi connectivity index (χ2v) is 7.56. The van der Waals surface area contributed by atoms with Crippen molar-refractivity contribution in [3.8, 4) is 0 Å². The summed E-state index contributed by atoms with van der Waals surface area (Å²) in [7, 11) is 0. The summed E-state index contributed by atoms with van der Waals surface area (Å²) >= 11 is 5.03. The predicted molar refractivity (Wildman–Crippen MR) is 101 cm³/mol. The fourth-order valence-electron chi connectivity index (χ4n) is 2.92. The molecule has 5 N–H and O–H groups in total. The molecule has 0 aliphatic carbocycles. The Morgan fingerprint density at radius 2 is 2.03 bits per heavy atom. The number of alkyl halides is 3. The van der Waals surface area contributed by atoms with Crippen LogP contribution in [0.15, 0.2) is 22.6 Å². The summed E-state index contributed by atoms with van der Waals surface area (Å²) in [6.07, 6.45) is -10.5. The molecule has 30 heavy (non-hydrogen) atoms. The minimum Gasteiger partial charge on any atom is -0.394 e. The molecule has 170 valence electrons. The summed E-state index contributed by atoms with van der Waals surface area (Å²) in [4.78, 5) is 15.2. The number of H-pyrrole nitrogens is 1. The van der Waals surface area contributed by atoms with E-state index in [4.69, 9.17) is 17.0 Å². The summed E-state index contributed by atoms with van der Waals surface area (Å²) in [6.45, 7) is 1.88. The van der Waals surface area contributed by atoms with E-state index in [9.17, 15) is 38.4 Å². The van der Waals surface area contributed by atoms with Crippen LogP contribution in [0.25, 0.3) is 0 Å². The molecule has 0 aromatic carbocycles. The third-order valence-electron chi connectivity index (χ3n) is 4.58. The van der Waals surface area contributed by atoms with Crippen LogP contribution in [0.3, 0.4) is 0 Å². The second kappa shape index (κ2) is 9.68. The van der Waals surface area contributed by atoms with Crippen molar-refractivity contribution in [3.05, 3.63) is 38.5 Å². The van der Waals surface area contributed by atoms with Crippen LogP contribution in [0.1, 0.15) is 25.6 Å². The summed E-state index contributed by atoms with van der Waals surface area (Å²) in [5.74, 6) is 0. The van der Waals surface area contributed by atoms with Gasteiger partial charge >= 0.3 is 6.18 Å². The normalized spacial score (nSPS) is 25.5. The zero-order valence-corrected chi connectivity index (χ0v) is 17.0. The van der Waals surface area contributed by atoms with Gasteiger partial charge in [0.15, 0.2) is 11.0 Å². The number of ether oxygens (including phenoxy) is 1. The zero-order valence-electron chi connectivity index (χ0n) is 16.2. The van der Waals surface area contributed by atoms with Gasteiger partial charge in [-0.25, -0.2) is 0 Å². The quantitative estimate of drug-likeness (QED) is 0.223. The van der Waals surface area contributed by atoms with Crippen molar-refractivity contribution in [2.45, 2.75) is 57.3 Å². The fourth-order valence-corrected chi connectivity index (χ4v) is 3.16. The topological polar surface area (TPSA) is 131 Å². The summed E-state index contributed by atoms with van der Waals surface area (Å²) in [5.41, 5.74) is -0.253. The van der Waals surface area contributed by atoms with Crippen molar-refractivity contribution in [2.24, 2.45) is 0 Å². The predicted octanol–water partition coefficient (Wildman–Crippen LogP) is 0.166. The molecule has 5 atom stereocenters. The number of hydrogen-bond acceptors (Lipinski definition) is 8. The minimum atomic E-state index is -4.95. The maximum absolute atomic E-state index is 13.1. The van der Waals surface area contributed by atoms with Crippen molar-refractivity contribution in [2.75, 3.05) is 13.2 Å². The number of aromatic amines is 1. The summed E-state index contributed by atoms with van der Waals surface area (Å²) in [6, 6.07) is 0. The number of nitrogens with zero attached hydrogens (tertiary/aromatic N) is 2. The molecule has 1 aromatic heterocycles. The smallest absolute Gasteiger partial charge is 0.394 e. The highest BCUT2D eigenvalue weighted by atomic mass is 32.1. The lowest BCUT2D eigenvalue weighted by Crippen LogP contribution is -2.46. The Morgan fingerprint density at radius 1 is 1.40 bits per heavy atom. The van der Waals surface area contributed by atoms with Gasteiger partial charge in [0.05, 0.1) is 6.61 Å². The zero-order chi connectivity index (χ0) is 22.8. The van der Waals surface area contributed by atoms with E-state index in [0.29, 0.717) is 10.5 Å². The van der Waals surface area contributed by atoms with Crippen LogP contribution in [0.5, 0.6) is 0 Å². The maximum Gasteiger partial charge on any atom is 0.428 e. The molecule has 1 aliphatic rings. The van der Waals surface area contributed by atoms with Crippen LogP contribution in [0.4, 0.5) is 13.2 Å². The monoisotopic (exact) mass is 455 g/mol. The van der Waals surface area contributed by atoms with Crippen molar-refractivity contribution in [1.82, 2.24) is 14.5 Å². The van der Waals surface area contributed by atoms with E-state index in [-0.39, 0.29) is 16.9 Å². The Hall–Kier alpha value is -1.61. The van der Waals surface area contributed by atoms with Crippen LogP contribution in [0, 0.1) is 4.77 Å². The van der Waals surface area contributed by atoms with Gasteiger partial charge in [-0.1, -0.05) is 11.6 Å². The lowest BCUT2D eigenvalue weighted by molar-refractivity contribution is -0.250. The first-order valence-corrected chi connectivity index (χ1v) is 9.36. The molecule has 0 saturated carbocycles. The van der Waals surface area contributed by atoms with Crippen LogP contribution in [0.2, 0.25) is 0 Å². The lowest BCUT2D eigenvalue weighted by Gasteiger charge is -2.28. The van der Waals surface area contributed by atoms with E-state index in [1.807, 2.05) is 0 Å². The third kappa shape index (κ3) is 5.55. The number of nitrogens with one attached hydrogen (secondary N) is 1. The molecular formula is C17H24F3N3O6S. The Kier molecular flexibility index (Phi) is 7.96. The molecule has 0 spiro atoms.